The summed E-state index contributed by atoms with van der Waals surface area (Å²) in [5.41, 5.74) is 1.82. The van der Waals surface area contributed by atoms with Gasteiger partial charge in [-0.3, -0.25) is 0 Å². The van der Waals surface area contributed by atoms with Crippen LogP contribution in [0.2, 0.25) is 0 Å². The Labute approximate surface area is 85.7 Å². The van der Waals surface area contributed by atoms with Crippen LogP contribution in [0.4, 0.5) is 0 Å². The molecule has 0 N–H and O–H groups in total. The molecule has 1 heteroatoms. The average Bonchev–Trinajstić information content (AvgIpc) is 2.10. The molecule has 0 aliphatic carbocycles. The van der Waals surface area contributed by atoms with E-state index in [1.807, 2.05) is 0 Å². The SMILES string of the molecule is C=C(/C=C\C(C)P)C(C)CCCC. The second kappa shape index (κ2) is 7.33. The molecule has 0 aromatic carbocycles. The monoisotopic (exact) mass is 198 g/mol. The van der Waals surface area contributed by atoms with Crippen LogP contribution in [-0.4, -0.2) is 5.66 Å². The summed E-state index contributed by atoms with van der Waals surface area (Å²) in [6, 6.07) is 0. The van der Waals surface area contributed by atoms with Gasteiger partial charge in [-0.1, -0.05) is 57.9 Å². The summed E-state index contributed by atoms with van der Waals surface area (Å²) in [6.45, 7) is 10.7. The Hall–Kier alpha value is -0.0900. The number of hydrogen-bond donors (Lipinski definition) is 0. The molecule has 13 heavy (non-hydrogen) atoms. The van der Waals surface area contributed by atoms with Gasteiger partial charge < -0.3 is 0 Å². The molecule has 0 nitrogen and oxygen atoms in total. The Morgan fingerprint density at radius 3 is 2.54 bits per heavy atom. The van der Waals surface area contributed by atoms with Crippen LogP contribution in [0, 0.1) is 5.92 Å². The minimum absolute atomic E-state index is 0.551. The van der Waals surface area contributed by atoms with Crippen molar-refractivity contribution in [2.24, 2.45) is 5.92 Å². The fourth-order valence-electron chi connectivity index (χ4n) is 1.14. The van der Waals surface area contributed by atoms with Crippen molar-refractivity contribution in [2.45, 2.75) is 45.7 Å². The van der Waals surface area contributed by atoms with Gasteiger partial charge in [0.1, 0.15) is 0 Å². The van der Waals surface area contributed by atoms with Crippen LogP contribution >= 0.6 is 9.24 Å². The zero-order valence-corrected chi connectivity index (χ0v) is 10.4. The van der Waals surface area contributed by atoms with Crippen molar-refractivity contribution in [2.75, 3.05) is 0 Å². The maximum Gasteiger partial charge on any atom is -0.0111 e. The lowest BCUT2D eigenvalue weighted by atomic mass is 9.96. The van der Waals surface area contributed by atoms with E-state index in [-0.39, 0.29) is 0 Å². The van der Waals surface area contributed by atoms with Gasteiger partial charge in [0.2, 0.25) is 0 Å². The Balaban J connectivity index is 3.82. The molecule has 0 aliphatic rings. The van der Waals surface area contributed by atoms with Gasteiger partial charge in [-0.2, -0.15) is 0 Å². The average molecular weight is 198 g/mol. The van der Waals surface area contributed by atoms with Crippen LogP contribution in [0.1, 0.15) is 40.0 Å². The van der Waals surface area contributed by atoms with Crippen molar-refractivity contribution in [3.05, 3.63) is 24.3 Å². The number of hydrogen-bond acceptors (Lipinski definition) is 0. The molecule has 76 valence electrons. The predicted molar refractivity (Wildman–Crippen MR) is 66.1 cm³/mol. The summed E-state index contributed by atoms with van der Waals surface area (Å²) in [5, 5.41) is 0. The highest BCUT2D eigenvalue weighted by Crippen LogP contribution is 2.17. The first-order chi connectivity index (χ1) is 6.07. The van der Waals surface area contributed by atoms with E-state index in [0.717, 1.165) is 0 Å². The maximum atomic E-state index is 4.08. The predicted octanol–water partition coefficient (Wildman–Crippen LogP) is 4.19. The summed E-state index contributed by atoms with van der Waals surface area (Å²) >= 11 is 0. The quantitative estimate of drug-likeness (QED) is 0.443. The molecule has 0 saturated carbocycles. The molecule has 0 aliphatic heterocycles. The highest BCUT2D eigenvalue weighted by Gasteiger charge is 2.02. The fraction of sp³-hybridized carbons (Fsp3) is 0.667. The van der Waals surface area contributed by atoms with Crippen molar-refractivity contribution in [3.63, 3.8) is 0 Å². The van der Waals surface area contributed by atoms with Gasteiger partial charge in [0, 0.05) is 0 Å². The second-order valence-corrected chi connectivity index (χ2v) is 4.89. The maximum absolute atomic E-state index is 4.08. The first-order valence-electron chi connectivity index (χ1n) is 5.20. The second-order valence-electron chi connectivity index (χ2n) is 3.84. The molecule has 0 rings (SSSR count). The molecule has 0 saturated heterocycles. The number of allylic oxidation sites excluding steroid dienone is 3. The van der Waals surface area contributed by atoms with Crippen molar-refractivity contribution in [3.8, 4) is 0 Å². The zero-order valence-electron chi connectivity index (χ0n) is 9.22. The normalized spacial score (nSPS) is 16.0. The van der Waals surface area contributed by atoms with E-state index >= 15 is 0 Å². The van der Waals surface area contributed by atoms with Crippen molar-refractivity contribution >= 4 is 9.24 Å². The van der Waals surface area contributed by atoms with Crippen molar-refractivity contribution in [1.82, 2.24) is 0 Å². The van der Waals surface area contributed by atoms with E-state index in [2.05, 4.69) is 48.7 Å². The molecule has 0 aromatic heterocycles. The molecule has 0 spiro atoms. The van der Waals surface area contributed by atoms with E-state index in [0.29, 0.717) is 11.6 Å². The Kier molecular flexibility index (Phi) is 7.28. The Morgan fingerprint density at radius 2 is 2.08 bits per heavy atom. The molecule has 0 fully saturated rings. The minimum atomic E-state index is 0.551. The molecular weight excluding hydrogens is 175 g/mol. The third-order valence-corrected chi connectivity index (χ3v) is 2.46. The van der Waals surface area contributed by atoms with Crippen LogP contribution in [0.5, 0.6) is 0 Å². The molecule has 3 atom stereocenters. The van der Waals surface area contributed by atoms with Crippen LogP contribution in [-0.2, 0) is 0 Å². The van der Waals surface area contributed by atoms with E-state index < -0.39 is 0 Å². The molecule has 3 unspecified atom stereocenters. The lowest BCUT2D eigenvalue weighted by molar-refractivity contribution is 0.582. The third-order valence-electron chi connectivity index (χ3n) is 2.24. The molecule has 0 radical (unpaired) electrons. The molecular formula is C12H23P. The highest BCUT2D eigenvalue weighted by molar-refractivity contribution is 7.17. The van der Waals surface area contributed by atoms with Gasteiger partial charge in [-0.25, -0.2) is 0 Å². The van der Waals surface area contributed by atoms with Gasteiger partial charge >= 0.3 is 0 Å². The van der Waals surface area contributed by atoms with Gasteiger partial charge in [-0.05, 0) is 18.0 Å². The summed E-state index contributed by atoms with van der Waals surface area (Å²) < 4.78 is 0. The topological polar surface area (TPSA) is 0 Å². The van der Waals surface area contributed by atoms with Crippen molar-refractivity contribution < 1.29 is 0 Å². The third kappa shape index (κ3) is 7.02. The van der Waals surface area contributed by atoms with Crippen molar-refractivity contribution in [1.29, 1.82) is 0 Å². The fourth-order valence-corrected chi connectivity index (χ4v) is 1.25. The van der Waals surface area contributed by atoms with Crippen LogP contribution in [0.25, 0.3) is 0 Å². The van der Waals surface area contributed by atoms with E-state index in [9.17, 15) is 0 Å². The molecule has 0 heterocycles. The first-order valence-corrected chi connectivity index (χ1v) is 5.87. The molecule has 0 amide bonds. The summed E-state index contributed by atoms with van der Waals surface area (Å²) in [6.07, 6.45) is 8.21. The first kappa shape index (κ1) is 12.9. The van der Waals surface area contributed by atoms with E-state index in [1.54, 1.807) is 0 Å². The van der Waals surface area contributed by atoms with Gasteiger partial charge in [0.05, 0.1) is 0 Å². The lowest BCUT2D eigenvalue weighted by Gasteiger charge is -2.10. The largest absolute Gasteiger partial charge is 0.131 e. The Morgan fingerprint density at radius 1 is 1.46 bits per heavy atom. The van der Waals surface area contributed by atoms with Gasteiger partial charge in [-0.15, -0.1) is 9.24 Å². The minimum Gasteiger partial charge on any atom is -0.131 e. The zero-order chi connectivity index (χ0) is 10.3. The lowest BCUT2D eigenvalue weighted by Crippen LogP contribution is -1.96. The molecule has 0 bridgehead atoms. The van der Waals surface area contributed by atoms with Gasteiger partial charge in [0.15, 0.2) is 0 Å². The van der Waals surface area contributed by atoms with E-state index in [1.165, 1.54) is 24.8 Å². The van der Waals surface area contributed by atoms with Crippen LogP contribution in [0.3, 0.4) is 0 Å². The number of unbranched alkanes of at least 4 members (excludes halogenated alkanes) is 1. The molecule has 0 aromatic rings. The van der Waals surface area contributed by atoms with Gasteiger partial charge in [0.25, 0.3) is 0 Å². The smallest absolute Gasteiger partial charge is 0.0111 e. The summed E-state index contributed by atoms with van der Waals surface area (Å²) in [4.78, 5) is 0. The highest BCUT2D eigenvalue weighted by atomic mass is 31.0. The summed E-state index contributed by atoms with van der Waals surface area (Å²) in [7, 11) is 2.76. The van der Waals surface area contributed by atoms with Crippen LogP contribution < -0.4 is 0 Å². The van der Waals surface area contributed by atoms with Crippen LogP contribution in [0.15, 0.2) is 24.3 Å². The van der Waals surface area contributed by atoms with E-state index in [4.69, 9.17) is 0 Å². The number of rotatable bonds is 6. The summed E-state index contributed by atoms with van der Waals surface area (Å²) in [5.74, 6) is 0.639. The standard InChI is InChI=1S/C12H23P/c1-5-6-7-10(2)11(3)8-9-12(4)13/h8-10,12H,3,5-7,13H2,1-2,4H3/b9-8-. The Bertz CT molecular complexity index is 168.